The van der Waals surface area contributed by atoms with Gasteiger partial charge in [-0.25, -0.2) is 4.79 Å². The molecule has 0 aromatic carbocycles. The predicted molar refractivity (Wildman–Crippen MR) is 53.2 cm³/mol. The number of unbranched alkanes of at least 4 members (excludes halogenated alkanes) is 1. The third-order valence-corrected chi connectivity index (χ3v) is 2.03. The van der Waals surface area contributed by atoms with Crippen LogP contribution in [0.25, 0.3) is 0 Å². The van der Waals surface area contributed by atoms with Crippen molar-refractivity contribution < 1.29 is 24.5 Å². The van der Waals surface area contributed by atoms with Crippen molar-refractivity contribution in [3.8, 4) is 0 Å². The van der Waals surface area contributed by atoms with Crippen LogP contribution < -0.4 is 0 Å². The lowest BCUT2D eigenvalue weighted by atomic mass is 9.97. The second kappa shape index (κ2) is 6.53. The molecule has 0 aliphatic rings. The number of Topliss-reactive ketones (excluding diaryl/α,β-unsaturated/α-hetero) is 1. The van der Waals surface area contributed by atoms with E-state index in [1.54, 1.807) is 0 Å². The second-order valence-electron chi connectivity index (χ2n) is 3.66. The number of carbonyl (C=O) groups excluding carboxylic acids is 2. The van der Waals surface area contributed by atoms with Crippen LogP contribution in [0.2, 0.25) is 0 Å². The fourth-order valence-electron chi connectivity index (χ4n) is 1.20. The number of esters is 1. The number of ether oxygens (including phenoxy) is 1. The smallest absolute Gasteiger partial charge is 0.338 e. The van der Waals surface area contributed by atoms with E-state index in [0.29, 0.717) is 12.8 Å². The summed E-state index contributed by atoms with van der Waals surface area (Å²) in [6.45, 7) is 1.30. The highest BCUT2D eigenvalue weighted by atomic mass is 16.5. The minimum Gasteiger partial charge on any atom is -0.467 e. The van der Waals surface area contributed by atoms with Gasteiger partial charge in [-0.3, -0.25) is 4.79 Å². The van der Waals surface area contributed by atoms with Crippen molar-refractivity contribution in [2.75, 3.05) is 13.7 Å². The Kier molecular flexibility index (Phi) is 6.12. The van der Waals surface area contributed by atoms with Gasteiger partial charge >= 0.3 is 5.97 Å². The molecular formula is C10H18O5. The SMILES string of the molecule is COC(=O)C(C)(O)CC(=O)CCCCO. The van der Waals surface area contributed by atoms with E-state index in [1.165, 1.54) is 6.92 Å². The van der Waals surface area contributed by atoms with Gasteiger partial charge in [0, 0.05) is 19.4 Å². The van der Waals surface area contributed by atoms with Gasteiger partial charge in [-0.15, -0.1) is 0 Å². The van der Waals surface area contributed by atoms with Crippen molar-refractivity contribution in [3.63, 3.8) is 0 Å². The Hall–Kier alpha value is -0.940. The van der Waals surface area contributed by atoms with Gasteiger partial charge in [-0.2, -0.15) is 0 Å². The molecule has 0 aliphatic heterocycles. The quantitative estimate of drug-likeness (QED) is 0.465. The highest BCUT2D eigenvalue weighted by Gasteiger charge is 2.33. The van der Waals surface area contributed by atoms with Crippen molar-refractivity contribution in [3.05, 3.63) is 0 Å². The van der Waals surface area contributed by atoms with Crippen LogP contribution in [0.3, 0.4) is 0 Å². The van der Waals surface area contributed by atoms with Crippen molar-refractivity contribution in [2.24, 2.45) is 0 Å². The lowest BCUT2D eigenvalue weighted by molar-refractivity contribution is -0.162. The first-order valence-electron chi connectivity index (χ1n) is 4.87. The Bertz CT molecular complexity index is 222. The van der Waals surface area contributed by atoms with Gasteiger partial charge in [-0.1, -0.05) is 0 Å². The van der Waals surface area contributed by atoms with Crippen LogP contribution in [0, 0.1) is 0 Å². The molecule has 0 aromatic rings. The number of aliphatic hydroxyl groups is 2. The summed E-state index contributed by atoms with van der Waals surface area (Å²) in [5, 5.41) is 18.1. The molecule has 0 saturated heterocycles. The molecule has 0 spiro atoms. The summed E-state index contributed by atoms with van der Waals surface area (Å²) in [6, 6.07) is 0. The van der Waals surface area contributed by atoms with Crippen molar-refractivity contribution in [1.29, 1.82) is 0 Å². The summed E-state index contributed by atoms with van der Waals surface area (Å²) in [4.78, 5) is 22.3. The second-order valence-corrected chi connectivity index (χ2v) is 3.66. The van der Waals surface area contributed by atoms with E-state index in [4.69, 9.17) is 5.11 Å². The number of aliphatic hydroxyl groups excluding tert-OH is 1. The van der Waals surface area contributed by atoms with Gasteiger partial charge in [0.2, 0.25) is 0 Å². The number of hydrogen-bond donors (Lipinski definition) is 2. The number of methoxy groups -OCH3 is 1. The lowest BCUT2D eigenvalue weighted by Crippen LogP contribution is -2.38. The van der Waals surface area contributed by atoms with Crippen LogP contribution in [-0.2, 0) is 14.3 Å². The van der Waals surface area contributed by atoms with E-state index in [9.17, 15) is 14.7 Å². The first kappa shape index (κ1) is 14.1. The topological polar surface area (TPSA) is 83.8 Å². The number of rotatable bonds is 7. The minimum absolute atomic E-state index is 0.0423. The van der Waals surface area contributed by atoms with Crippen LogP contribution in [-0.4, -0.2) is 41.3 Å². The van der Waals surface area contributed by atoms with Gasteiger partial charge in [0.25, 0.3) is 0 Å². The van der Waals surface area contributed by atoms with Crippen LogP contribution in [0.15, 0.2) is 0 Å². The fraction of sp³-hybridized carbons (Fsp3) is 0.800. The summed E-state index contributed by atoms with van der Waals surface area (Å²) < 4.78 is 4.36. The zero-order chi connectivity index (χ0) is 11.9. The van der Waals surface area contributed by atoms with Crippen molar-refractivity contribution in [1.82, 2.24) is 0 Å². The van der Waals surface area contributed by atoms with Crippen LogP contribution >= 0.6 is 0 Å². The number of ketones is 1. The maximum absolute atomic E-state index is 11.3. The minimum atomic E-state index is -1.74. The highest BCUT2D eigenvalue weighted by Crippen LogP contribution is 2.14. The number of carbonyl (C=O) groups is 2. The maximum atomic E-state index is 11.3. The van der Waals surface area contributed by atoms with E-state index in [2.05, 4.69) is 4.74 Å². The summed E-state index contributed by atoms with van der Waals surface area (Å²) in [7, 11) is 1.16. The van der Waals surface area contributed by atoms with Crippen LogP contribution in [0.1, 0.15) is 32.6 Å². The summed E-state index contributed by atoms with van der Waals surface area (Å²) >= 11 is 0. The van der Waals surface area contributed by atoms with E-state index in [-0.39, 0.29) is 25.2 Å². The average Bonchev–Trinajstić information content (AvgIpc) is 2.16. The molecule has 15 heavy (non-hydrogen) atoms. The first-order valence-corrected chi connectivity index (χ1v) is 4.87. The van der Waals surface area contributed by atoms with Gasteiger partial charge < -0.3 is 14.9 Å². The van der Waals surface area contributed by atoms with Gasteiger partial charge in [0.05, 0.1) is 7.11 Å². The molecule has 0 heterocycles. The Morgan fingerprint density at radius 2 is 1.93 bits per heavy atom. The Labute approximate surface area is 89.0 Å². The third-order valence-electron chi connectivity index (χ3n) is 2.03. The van der Waals surface area contributed by atoms with Gasteiger partial charge in [0.1, 0.15) is 5.78 Å². The zero-order valence-corrected chi connectivity index (χ0v) is 9.15. The monoisotopic (exact) mass is 218 g/mol. The van der Waals surface area contributed by atoms with Crippen molar-refractivity contribution in [2.45, 2.75) is 38.2 Å². The molecule has 0 fully saturated rings. The molecule has 5 nitrogen and oxygen atoms in total. The molecule has 5 heteroatoms. The Morgan fingerprint density at radius 3 is 2.40 bits per heavy atom. The lowest BCUT2D eigenvalue weighted by Gasteiger charge is -2.18. The summed E-state index contributed by atoms with van der Waals surface area (Å²) in [5.41, 5.74) is -1.74. The van der Waals surface area contributed by atoms with Crippen molar-refractivity contribution >= 4 is 11.8 Å². The molecule has 1 atom stereocenters. The normalized spacial score (nSPS) is 14.4. The van der Waals surface area contributed by atoms with E-state index in [1.807, 2.05) is 0 Å². The fourth-order valence-corrected chi connectivity index (χ4v) is 1.20. The Morgan fingerprint density at radius 1 is 1.33 bits per heavy atom. The maximum Gasteiger partial charge on any atom is 0.338 e. The molecule has 1 unspecified atom stereocenters. The standard InChI is InChI=1S/C10H18O5/c1-10(14,9(13)15-2)7-8(12)5-3-4-6-11/h11,14H,3-7H2,1-2H3. The molecule has 0 aliphatic carbocycles. The molecule has 0 aromatic heterocycles. The molecule has 0 rings (SSSR count). The summed E-state index contributed by atoms with van der Waals surface area (Å²) in [5.74, 6) is -1.02. The molecule has 0 bridgehead atoms. The van der Waals surface area contributed by atoms with Gasteiger partial charge in [-0.05, 0) is 19.8 Å². The number of hydrogen-bond acceptors (Lipinski definition) is 5. The summed E-state index contributed by atoms with van der Waals surface area (Å²) in [6.07, 6.45) is 1.12. The largest absolute Gasteiger partial charge is 0.467 e. The molecular weight excluding hydrogens is 200 g/mol. The average molecular weight is 218 g/mol. The van der Waals surface area contributed by atoms with E-state index >= 15 is 0 Å². The van der Waals surface area contributed by atoms with E-state index in [0.717, 1.165) is 7.11 Å². The third kappa shape index (κ3) is 5.49. The van der Waals surface area contributed by atoms with Crippen LogP contribution in [0.5, 0.6) is 0 Å². The first-order chi connectivity index (χ1) is 6.94. The zero-order valence-electron chi connectivity index (χ0n) is 9.15. The molecule has 0 radical (unpaired) electrons. The van der Waals surface area contributed by atoms with Crippen LogP contribution in [0.4, 0.5) is 0 Å². The molecule has 88 valence electrons. The molecule has 0 saturated carbocycles. The van der Waals surface area contributed by atoms with E-state index < -0.39 is 11.6 Å². The molecule has 0 amide bonds. The predicted octanol–water partition coefficient (Wildman–Crippen LogP) is 0.0322. The Balaban J connectivity index is 3.99. The van der Waals surface area contributed by atoms with Gasteiger partial charge in [0.15, 0.2) is 5.60 Å². The molecule has 2 N–H and O–H groups in total. The highest BCUT2D eigenvalue weighted by molar-refractivity contribution is 5.88.